The third-order valence-electron chi connectivity index (χ3n) is 3.48. The number of benzene rings is 1. The number of anilines is 1. The number of azide groups is 1. The molecule has 0 aromatic heterocycles. The maximum Gasteiger partial charge on any atom is 0.267 e. The summed E-state index contributed by atoms with van der Waals surface area (Å²) in [4.78, 5) is 31.3. The Morgan fingerprint density at radius 2 is 1.90 bits per heavy atom. The number of hydrogen-bond acceptors (Lipinski definition) is 4. The van der Waals surface area contributed by atoms with Gasteiger partial charge in [0.2, 0.25) is 0 Å². The van der Waals surface area contributed by atoms with E-state index in [2.05, 4.69) is 20.1 Å². The summed E-state index contributed by atoms with van der Waals surface area (Å²) in [5.41, 5.74) is 16.5. The van der Waals surface area contributed by atoms with Crippen LogP contribution in [0.3, 0.4) is 0 Å². The van der Waals surface area contributed by atoms with E-state index in [4.69, 9.17) is 11.1 Å². The van der Waals surface area contributed by atoms with Gasteiger partial charge in [-0.1, -0.05) is 22.4 Å². The fourth-order valence-electron chi connectivity index (χ4n) is 2.64. The highest BCUT2D eigenvalue weighted by Gasteiger charge is 2.54. The van der Waals surface area contributed by atoms with Crippen molar-refractivity contribution in [3.63, 3.8) is 0 Å². The van der Waals surface area contributed by atoms with Crippen LogP contribution in [-0.2, 0) is 11.2 Å². The second-order valence-corrected chi connectivity index (χ2v) is 4.40. The molecule has 2 heterocycles. The maximum absolute atomic E-state index is 12.5. The number of carbonyl (C=O) groups excluding carboxylic acids is 2. The van der Waals surface area contributed by atoms with Crippen molar-refractivity contribution in [2.75, 3.05) is 11.4 Å². The summed E-state index contributed by atoms with van der Waals surface area (Å²) in [7, 11) is 0. The van der Waals surface area contributed by atoms with E-state index in [0.717, 1.165) is 5.56 Å². The lowest BCUT2D eigenvalue weighted by Crippen LogP contribution is -2.54. The van der Waals surface area contributed by atoms with E-state index in [1.807, 2.05) is 6.07 Å². The van der Waals surface area contributed by atoms with E-state index < -0.39 is 17.4 Å². The van der Waals surface area contributed by atoms with Crippen molar-refractivity contribution in [1.29, 1.82) is 0 Å². The van der Waals surface area contributed by atoms with Crippen molar-refractivity contribution < 1.29 is 9.59 Å². The minimum Gasteiger partial charge on any atom is -0.310 e. The molecule has 0 N–H and O–H groups in total. The lowest BCUT2D eigenvalue weighted by molar-refractivity contribution is -0.122. The smallest absolute Gasteiger partial charge is 0.267 e. The molecule has 9 heteroatoms. The molecule has 0 aliphatic carbocycles. The SMILES string of the molecule is [N-]=[N+]=NC1(N=[N+]=[N-])C(=O)c2cccc3c2N(CC3)C1=O. The third-order valence-corrected chi connectivity index (χ3v) is 3.48. The van der Waals surface area contributed by atoms with Crippen LogP contribution in [0.4, 0.5) is 5.69 Å². The molecule has 1 amide bonds. The first-order valence-electron chi connectivity index (χ1n) is 5.77. The molecule has 20 heavy (non-hydrogen) atoms. The van der Waals surface area contributed by atoms with E-state index in [-0.39, 0.29) is 5.56 Å². The van der Waals surface area contributed by atoms with Gasteiger partial charge in [0.1, 0.15) is 0 Å². The van der Waals surface area contributed by atoms with E-state index in [1.165, 1.54) is 11.0 Å². The van der Waals surface area contributed by atoms with Gasteiger partial charge in [0.05, 0.1) is 5.69 Å². The van der Waals surface area contributed by atoms with E-state index >= 15 is 0 Å². The van der Waals surface area contributed by atoms with Gasteiger partial charge < -0.3 is 4.90 Å². The second kappa shape index (κ2) is 3.99. The number of hydrogen-bond donors (Lipinski definition) is 0. The zero-order chi connectivity index (χ0) is 14.3. The lowest BCUT2D eigenvalue weighted by atomic mass is 9.91. The first kappa shape index (κ1) is 12.0. The highest BCUT2D eigenvalue weighted by molar-refractivity contribution is 6.28. The Labute approximate surface area is 112 Å². The molecule has 2 aliphatic heterocycles. The fraction of sp³-hybridized carbons (Fsp3) is 0.273. The van der Waals surface area contributed by atoms with Crippen molar-refractivity contribution in [2.45, 2.75) is 12.1 Å². The molecule has 1 aromatic rings. The van der Waals surface area contributed by atoms with Crippen LogP contribution in [0.1, 0.15) is 15.9 Å². The Kier molecular flexibility index (Phi) is 2.40. The molecule has 1 aromatic carbocycles. The Bertz CT molecular complexity index is 725. The van der Waals surface area contributed by atoms with Crippen molar-refractivity contribution in [3.8, 4) is 0 Å². The van der Waals surface area contributed by atoms with E-state index in [0.29, 0.717) is 18.7 Å². The molecule has 2 aliphatic rings. The first-order valence-corrected chi connectivity index (χ1v) is 5.77. The van der Waals surface area contributed by atoms with Gasteiger partial charge in [0.25, 0.3) is 11.6 Å². The van der Waals surface area contributed by atoms with Gasteiger partial charge in [-0.15, -0.1) is 0 Å². The molecule has 9 nitrogen and oxygen atoms in total. The summed E-state index contributed by atoms with van der Waals surface area (Å²) >= 11 is 0. The summed E-state index contributed by atoms with van der Waals surface area (Å²) in [6.45, 7) is 0.363. The fourth-order valence-corrected chi connectivity index (χ4v) is 2.64. The molecular formula is C11H7N7O2. The van der Waals surface area contributed by atoms with Crippen LogP contribution in [-0.4, -0.2) is 23.9 Å². The number of rotatable bonds is 2. The summed E-state index contributed by atoms with van der Waals surface area (Å²) in [6, 6.07) is 5.04. The average molecular weight is 269 g/mol. The topological polar surface area (TPSA) is 135 Å². The number of nitrogens with zero attached hydrogens (tertiary/aromatic N) is 7. The number of amides is 1. The minimum atomic E-state index is -2.39. The van der Waals surface area contributed by atoms with Crippen molar-refractivity contribution in [1.82, 2.24) is 0 Å². The highest BCUT2D eigenvalue weighted by atomic mass is 16.2. The van der Waals surface area contributed by atoms with Crippen LogP contribution in [0.15, 0.2) is 28.4 Å². The summed E-state index contributed by atoms with van der Waals surface area (Å²) in [5, 5.41) is 6.41. The highest BCUT2D eigenvalue weighted by Crippen LogP contribution is 2.41. The normalized spacial score (nSPS) is 22.9. The van der Waals surface area contributed by atoms with Gasteiger partial charge in [0, 0.05) is 21.9 Å². The summed E-state index contributed by atoms with van der Waals surface area (Å²) in [6.07, 6.45) is 0.602. The summed E-state index contributed by atoms with van der Waals surface area (Å²) in [5.74, 6) is -1.58. The second-order valence-electron chi connectivity index (χ2n) is 4.40. The number of para-hydroxylation sites is 1. The van der Waals surface area contributed by atoms with Crippen LogP contribution < -0.4 is 4.90 Å². The predicted molar refractivity (Wildman–Crippen MR) is 67.9 cm³/mol. The Balaban J connectivity index is 2.34. The van der Waals surface area contributed by atoms with Gasteiger partial charge in [-0.05, 0) is 29.1 Å². The van der Waals surface area contributed by atoms with Crippen LogP contribution in [0.5, 0.6) is 0 Å². The molecular weight excluding hydrogens is 262 g/mol. The monoisotopic (exact) mass is 269 g/mol. The Morgan fingerprint density at radius 1 is 1.20 bits per heavy atom. The molecule has 0 unspecified atom stereocenters. The molecule has 0 atom stereocenters. The van der Waals surface area contributed by atoms with Gasteiger partial charge in [0.15, 0.2) is 5.78 Å². The van der Waals surface area contributed by atoms with Crippen LogP contribution in [0, 0.1) is 0 Å². The molecule has 0 saturated heterocycles. The first-order chi connectivity index (χ1) is 9.65. The maximum atomic E-state index is 12.5. The zero-order valence-corrected chi connectivity index (χ0v) is 10.1. The number of ketones is 1. The van der Waals surface area contributed by atoms with Gasteiger partial charge >= 0.3 is 0 Å². The van der Waals surface area contributed by atoms with Crippen molar-refractivity contribution >= 4 is 17.4 Å². The number of Topliss-reactive ketones (excluding diaryl/α,β-unsaturated/α-hetero) is 1. The van der Waals surface area contributed by atoms with Crippen LogP contribution in [0.2, 0.25) is 0 Å². The third kappa shape index (κ3) is 1.27. The van der Waals surface area contributed by atoms with Crippen LogP contribution in [0.25, 0.3) is 20.9 Å². The Hall–Kier alpha value is -3.02. The zero-order valence-electron chi connectivity index (χ0n) is 10.1. The molecule has 3 rings (SSSR count). The van der Waals surface area contributed by atoms with Crippen molar-refractivity contribution in [2.24, 2.45) is 10.2 Å². The van der Waals surface area contributed by atoms with Crippen molar-refractivity contribution in [3.05, 3.63) is 50.2 Å². The minimum absolute atomic E-state index is 0.236. The van der Waals surface area contributed by atoms with Gasteiger partial charge in [-0.25, -0.2) is 0 Å². The molecule has 0 fully saturated rings. The molecule has 98 valence electrons. The largest absolute Gasteiger partial charge is 0.310 e. The standard InChI is InChI=1S/C11H7N7O2/c12-16-14-11(15-17-13)9(19)7-3-1-2-6-4-5-18(8(6)7)10(11)20/h1-3H,4-5H2. The van der Waals surface area contributed by atoms with E-state index in [9.17, 15) is 9.59 Å². The molecule has 0 radical (unpaired) electrons. The average Bonchev–Trinajstić information content (AvgIpc) is 2.88. The number of carbonyl (C=O) groups is 2. The molecule has 0 spiro atoms. The summed E-state index contributed by atoms with van der Waals surface area (Å²) < 4.78 is 0. The predicted octanol–water partition coefficient (Wildman–Crippen LogP) is 2.09. The molecule has 0 saturated carbocycles. The quantitative estimate of drug-likeness (QED) is 0.351. The Morgan fingerprint density at radius 3 is 2.55 bits per heavy atom. The lowest BCUT2D eigenvalue weighted by Gasteiger charge is -2.33. The van der Waals surface area contributed by atoms with E-state index in [1.54, 1.807) is 6.07 Å². The van der Waals surface area contributed by atoms with Crippen LogP contribution >= 0.6 is 0 Å². The molecule has 0 bridgehead atoms. The van der Waals surface area contributed by atoms with Gasteiger partial charge in [-0.3, -0.25) is 9.59 Å². The van der Waals surface area contributed by atoms with Gasteiger partial charge in [-0.2, -0.15) is 0 Å².